The first-order chi connectivity index (χ1) is 11.4. The number of rotatable bonds is 4. The molecular formula is C18H26N4O2. The van der Waals surface area contributed by atoms with Crippen LogP contribution >= 0.6 is 0 Å². The largest absolute Gasteiger partial charge is 0.390 e. The van der Waals surface area contributed by atoms with Crippen molar-refractivity contribution in [2.24, 2.45) is 0 Å². The molecule has 1 aliphatic rings. The van der Waals surface area contributed by atoms with E-state index in [-0.39, 0.29) is 5.91 Å². The van der Waals surface area contributed by atoms with Gasteiger partial charge in [0.05, 0.1) is 30.0 Å². The molecule has 1 aromatic heterocycles. The number of nitrogens with zero attached hydrogens (tertiary/aromatic N) is 4. The Morgan fingerprint density at radius 3 is 2.50 bits per heavy atom. The molecule has 1 atom stereocenters. The number of aryl methyl sites for hydroxylation is 2. The second-order valence-corrected chi connectivity index (χ2v) is 6.78. The number of aliphatic hydroxyl groups excluding tert-OH is 1. The fourth-order valence-corrected chi connectivity index (χ4v) is 3.29. The number of carbonyl (C=O) groups is 1. The lowest BCUT2D eigenvalue weighted by atomic mass is 10.1. The van der Waals surface area contributed by atoms with E-state index in [1.54, 1.807) is 13.3 Å². The number of imidazole rings is 1. The van der Waals surface area contributed by atoms with Crippen LogP contribution in [0.5, 0.6) is 0 Å². The molecule has 1 fully saturated rings. The number of carbonyl (C=O) groups excluding carboxylic acids is 1. The van der Waals surface area contributed by atoms with Crippen LogP contribution in [0.25, 0.3) is 11.0 Å². The molecule has 1 aliphatic heterocycles. The van der Waals surface area contributed by atoms with Gasteiger partial charge in [-0.3, -0.25) is 9.69 Å². The van der Waals surface area contributed by atoms with Gasteiger partial charge in [-0.25, -0.2) is 4.98 Å². The van der Waals surface area contributed by atoms with Crippen LogP contribution in [0.2, 0.25) is 0 Å². The summed E-state index contributed by atoms with van der Waals surface area (Å²) in [5.74, 6) is 0.130. The molecule has 0 bridgehead atoms. The summed E-state index contributed by atoms with van der Waals surface area (Å²) in [7, 11) is 0. The van der Waals surface area contributed by atoms with Gasteiger partial charge in [-0.05, 0) is 37.1 Å². The predicted molar refractivity (Wildman–Crippen MR) is 93.9 cm³/mol. The normalized spacial score (nSPS) is 17.4. The van der Waals surface area contributed by atoms with Gasteiger partial charge >= 0.3 is 0 Å². The number of fused-ring (bicyclic) bond motifs is 1. The molecule has 6 heteroatoms. The Balaban J connectivity index is 1.60. The van der Waals surface area contributed by atoms with Crippen LogP contribution in [-0.4, -0.2) is 69.2 Å². The first-order valence-electron chi connectivity index (χ1n) is 8.52. The molecule has 2 aromatic rings. The average Bonchev–Trinajstić information content (AvgIpc) is 2.90. The summed E-state index contributed by atoms with van der Waals surface area (Å²) in [5, 5.41) is 10.5. The first-order valence-corrected chi connectivity index (χ1v) is 8.52. The highest BCUT2D eigenvalue weighted by atomic mass is 16.3. The highest BCUT2D eigenvalue weighted by molar-refractivity contribution is 5.77. The zero-order valence-electron chi connectivity index (χ0n) is 14.7. The van der Waals surface area contributed by atoms with Crippen molar-refractivity contribution < 1.29 is 9.90 Å². The van der Waals surface area contributed by atoms with Crippen LogP contribution in [0.15, 0.2) is 18.5 Å². The molecule has 3 rings (SSSR count). The van der Waals surface area contributed by atoms with Crippen molar-refractivity contribution in [2.75, 3.05) is 32.7 Å². The summed E-state index contributed by atoms with van der Waals surface area (Å²) < 4.78 is 2.03. The zero-order chi connectivity index (χ0) is 17.3. The monoisotopic (exact) mass is 330 g/mol. The van der Waals surface area contributed by atoms with Gasteiger partial charge in [0, 0.05) is 39.6 Å². The molecule has 1 aromatic carbocycles. The van der Waals surface area contributed by atoms with Gasteiger partial charge in [-0.2, -0.15) is 0 Å². The van der Waals surface area contributed by atoms with Gasteiger partial charge in [0.25, 0.3) is 0 Å². The lowest BCUT2D eigenvalue weighted by Gasteiger charge is -2.35. The molecular weight excluding hydrogens is 304 g/mol. The van der Waals surface area contributed by atoms with E-state index in [0.29, 0.717) is 13.1 Å². The summed E-state index contributed by atoms with van der Waals surface area (Å²) in [4.78, 5) is 19.9. The molecule has 0 unspecified atom stereocenters. The molecule has 0 radical (unpaired) electrons. The Morgan fingerprint density at radius 1 is 1.17 bits per heavy atom. The van der Waals surface area contributed by atoms with Crippen molar-refractivity contribution in [1.82, 2.24) is 19.4 Å². The van der Waals surface area contributed by atoms with Crippen LogP contribution in [0.4, 0.5) is 0 Å². The number of benzene rings is 1. The molecule has 1 saturated heterocycles. The minimum absolute atomic E-state index is 0.130. The fourth-order valence-electron chi connectivity index (χ4n) is 3.29. The standard InChI is InChI=1S/C18H26N4O2/c1-13-8-17-18(9-14(13)2)22(12-19-17)11-16(24)10-20-4-6-21(7-5-20)15(3)23/h8-9,12,16,24H,4-7,10-11H2,1-3H3/t16-/m1/s1. The van der Waals surface area contributed by atoms with Gasteiger partial charge in [0.2, 0.25) is 5.91 Å². The maximum absolute atomic E-state index is 11.4. The lowest BCUT2D eigenvalue weighted by molar-refractivity contribution is -0.130. The summed E-state index contributed by atoms with van der Waals surface area (Å²) in [5.41, 5.74) is 4.51. The maximum Gasteiger partial charge on any atom is 0.219 e. The highest BCUT2D eigenvalue weighted by Crippen LogP contribution is 2.18. The van der Waals surface area contributed by atoms with Crippen LogP contribution in [-0.2, 0) is 11.3 Å². The zero-order valence-corrected chi connectivity index (χ0v) is 14.7. The molecule has 1 N–H and O–H groups in total. The van der Waals surface area contributed by atoms with Crippen LogP contribution in [0.3, 0.4) is 0 Å². The molecule has 24 heavy (non-hydrogen) atoms. The number of β-amino-alcohol motifs (C(OH)–C–C–N with tert-alkyl or cyclic N) is 1. The number of hydrogen-bond acceptors (Lipinski definition) is 4. The maximum atomic E-state index is 11.4. The Morgan fingerprint density at radius 2 is 1.83 bits per heavy atom. The van der Waals surface area contributed by atoms with E-state index in [0.717, 1.165) is 37.2 Å². The number of aliphatic hydroxyl groups is 1. The Kier molecular flexibility index (Phi) is 4.87. The molecule has 1 amide bonds. The van der Waals surface area contributed by atoms with E-state index >= 15 is 0 Å². The third kappa shape index (κ3) is 3.60. The summed E-state index contributed by atoms with van der Waals surface area (Å²) >= 11 is 0. The van der Waals surface area contributed by atoms with Gasteiger partial charge in [0.15, 0.2) is 0 Å². The average molecular weight is 330 g/mol. The van der Waals surface area contributed by atoms with Gasteiger partial charge < -0.3 is 14.6 Å². The van der Waals surface area contributed by atoms with Crippen molar-refractivity contribution >= 4 is 16.9 Å². The molecule has 0 saturated carbocycles. The quantitative estimate of drug-likeness (QED) is 0.914. The lowest BCUT2D eigenvalue weighted by Crippen LogP contribution is -2.50. The molecule has 0 spiro atoms. The van der Waals surface area contributed by atoms with Gasteiger partial charge in [-0.15, -0.1) is 0 Å². The molecule has 0 aliphatic carbocycles. The molecule has 130 valence electrons. The summed E-state index contributed by atoms with van der Waals surface area (Å²) in [6.07, 6.45) is 1.35. The van der Waals surface area contributed by atoms with E-state index in [1.165, 1.54) is 11.1 Å². The van der Waals surface area contributed by atoms with Gasteiger partial charge in [0.1, 0.15) is 0 Å². The van der Waals surface area contributed by atoms with Crippen molar-refractivity contribution in [1.29, 1.82) is 0 Å². The second kappa shape index (κ2) is 6.91. The van der Waals surface area contributed by atoms with E-state index < -0.39 is 6.10 Å². The third-order valence-electron chi connectivity index (χ3n) is 4.93. The van der Waals surface area contributed by atoms with E-state index in [9.17, 15) is 9.90 Å². The Labute approximate surface area is 142 Å². The molecule has 6 nitrogen and oxygen atoms in total. The number of aromatic nitrogens is 2. The van der Waals surface area contributed by atoms with Crippen LogP contribution in [0.1, 0.15) is 18.1 Å². The van der Waals surface area contributed by atoms with Crippen molar-refractivity contribution in [3.63, 3.8) is 0 Å². The first kappa shape index (κ1) is 16.9. The minimum Gasteiger partial charge on any atom is -0.390 e. The van der Waals surface area contributed by atoms with Crippen molar-refractivity contribution in [2.45, 2.75) is 33.4 Å². The highest BCUT2D eigenvalue weighted by Gasteiger charge is 2.21. The SMILES string of the molecule is CC(=O)N1CCN(C[C@@H](O)Cn2cnc3cc(C)c(C)cc32)CC1. The fraction of sp³-hybridized carbons (Fsp3) is 0.556. The van der Waals surface area contributed by atoms with E-state index in [1.807, 2.05) is 9.47 Å². The summed E-state index contributed by atoms with van der Waals surface area (Å²) in [6, 6.07) is 4.23. The van der Waals surface area contributed by atoms with Crippen LogP contribution < -0.4 is 0 Å². The Bertz CT molecular complexity index is 732. The topological polar surface area (TPSA) is 61.6 Å². The number of amides is 1. The number of hydrogen-bond donors (Lipinski definition) is 1. The predicted octanol–water partition coefficient (Wildman–Crippen LogP) is 1.18. The third-order valence-corrected chi connectivity index (χ3v) is 4.93. The van der Waals surface area contributed by atoms with Gasteiger partial charge in [-0.1, -0.05) is 0 Å². The van der Waals surface area contributed by atoms with Crippen LogP contribution in [0, 0.1) is 13.8 Å². The Hall–Kier alpha value is -1.92. The second-order valence-electron chi connectivity index (χ2n) is 6.78. The van der Waals surface area contributed by atoms with E-state index in [4.69, 9.17) is 0 Å². The van der Waals surface area contributed by atoms with Crippen molar-refractivity contribution in [3.05, 3.63) is 29.6 Å². The van der Waals surface area contributed by atoms with Crippen molar-refractivity contribution in [3.8, 4) is 0 Å². The molecule has 2 heterocycles. The van der Waals surface area contributed by atoms with E-state index in [2.05, 4.69) is 35.9 Å². The summed E-state index contributed by atoms with van der Waals surface area (Å²) in [6.45, 7) is 10.1. The smallest absolute Gasteiger partial charge is 0.219 e. The number of piperazine rings is 1. The minimum atomic E-state index is -0.451.